The Hall–Kier alpha value is -0.860. The van der Waals surface area contributed by atoms with Crippen molar-refractivity contribution in [3.63, 3.8) is 0 Å². The van der Waals surface area contributed by atoms with E-state index in [0.717, 1.165) is 12.8 Å². The molecule has 0 aromatic rings. The summed E-state index contributed by atoms with van der Waals surface area (Å²) in [5.74, 6) is -0.741. The van der Waals surface area contributed by atoms with Gasteiger partial charge >= 0.3 is 5.97 Å². The summed E-state index contributed by atoms with van der Waals surface area (Å²) < 4.78 is 0. The first-order valence-corrected chi connectivity index (χ1v) is 10.8. The molecule has 0 aliphatic rings. The minimum absolute atomic E-state index is 0.117. The molecule has 0 radical (unpaired) electrons. The van der Waals surface area contributed by atoms with Gasteiger partial charge in [0.25, 0.3) is 0 Å². The van der Waals surface area contributed by atoms with Crippen LogP contribution in [-0.2, 0) is 9.59 Å². The van der Waals surface area contributed by atoms with Crippen molar-refractivity contribution in [2.75, 3.05) is 0 Å². The van der Waals surface area contributed by atoms with E-state index in [9.17, 15) is 9.59 Å². The lowest BCUT2D eigenvalue weighted by atomic mass is 9.92. The highest BCUT2D eigenvalue weighted by atomic mass is 16.4. The van der Waals surface area contributed by atoms with Crippen LogP contribution in [0.4, 0.5) is 0 Å². The number of hydrogen-bond acceptors (Lipinski definition) is 2. The van der Waals surface area contributed by atoms with E-state index < -0.39 is 5.97 Å². The van der Waals surface area contributed by atoms with E-state index in [1.807, 2.05) is 0 Å². The quantitative estimate of drug-likeness (QED) is 0.202. The number of unbranched alkanes of at least 4 members (excludes halogenated alkanes) is 12. The Labute approximate surface area is 156 Å². The minimum Gasteiger partial charge on any atom is -0.481 e. The van der Waals surface area contributed by atoms with Gasteiger partial charge in [-0.3, -0.25) is 9.59 Å². The van der Waals surface area contributed by atoms with Gasteiger partial charge in [-0.2, -0.15) is 0 Å². The van der Waals surface area contributed by atoms with Gasteiger partial charge in [-0.1, -0.05) is 110 Å². The van der Waals surface area contributed by atoms with Gasteiger partial charge in [-0.25, -0.2) is 0 Å². The smallest absolute Gasteiger partial charge is 0.310 e. The maximum absolute atomic E-state index is 11.6. The molecule has 0 bridgehead atoms. The Morgan fingerprint density at radius 2 is 1.16 bits per heavy atom. The number of Topliss-reactive ketones (excluding diaryl/α,β-unsaturated/α-hetero) is 1. The molecule has 1 unspecified atom stereocenters. The first kappa shape index (κ1) is 24.1. The Kier molecular flexibility index (Phi) is 17.3. The minimum atomic E-state index is -0.999. The number of hydrogen-bond donors (Lipinski definition) is 1. The van der Waals surface area contributed by atoms with Crippen molar-refractivity contribution in [3.8, 4) is 0 Å². The number of rotatable bonds is 19. The van der Waals surface area contributed by atoms with Crippen molar-refractivity contribution in [1.82, 2.24) is 0 Å². The second-order valence-electron chi connectivity index (χ2n) is 7.62. The maximum Gasteiger partial charge on any atom is 0.310 e. The Balaban J connectivity index is 3.38. The molecule has 0 aromatic heterocycles. The second kappa shape index (κ2) is 17.9. The van der Waals surface area contributed by atoms with Crippen LogP contribution in [0.25, 0.3) is 0 Å². The second-order valence-corrected chi connectivity index (χ2v) is 7.62. The highest BCUT2D eigenvalue weighted by Gasteiger charge is 2.14. The molecule has 0 aromatic carbocycles. The van der Waals surface area contributed by atoms with E-state index in [0.29, 0.717) is 12.3 Å². The molecule has 1 N–H and O–H groups in total. The summed E-state index contributed by atoms with van der Waals surface area (Å²) in [6.07, 6.45) is 19.8. The molecule has 25 heavy (non-hydrogen) atoms. The van der Waals surface area contributed by atoms with Crippen LogP contribution in [0.5, 0.6) is 0 Å². The van der Waals surface area contributed by atoms with Crippen LogP contribution in [0.1, 0.15) is 123 Å². The molecule has 0 heterocycles. The fourth-order valence-electron chi connectivity index (χ4n) is 3.46. The lowest BCUT2D eigenvalue weighted by Gasteiger charge is -2.13. The monoisotopic (exact) mass is 354 g/mol. The van der Waals surface area contributed by atoms with Crippen molar-refractivity contribution in [1.29, 1.82) is 0 Å². The summed E-state index contributed by atoms with van der Waals surface area (Å²) in [4.78, 5) is 22.1. The summed E-state index contributed by atoms with van der Waals surface area (Å²) in [7, 11) is 0. The van der Waals surface area contributed by atoms with Crippen LogP contribution in [0.15, 0.2) is 0 Å². The van der Waals surface area contributed by atoms with Crippen molar-refractivity contribution >= 4 is 11.8 Å². The van der Waals surface area contributed by atoms with E-state index in [1.165, 1.54) is 83.5 Å². The van der Waals surface area contributed by atoms with Crippen LogP contribution in [0.3, 0.4) is 0 Å². The van der Waals surface area contributed by atoms with Crippen LogP contribution >= 0.6 is 0 Å². The number of ketones is 1. The third-order valence-corrected chi connectivity index (χ3v) is 5.16. The van der Waals surface area contributed by atoms with E-state index in [-0.39, 0.29) is 12.2 Å². The fourth-order valence-corrected chi connectivity index (χ4v) is 3.46. The molecule has 1 atom stereocenters. The molecule has 0 spiro atoms. The van der Waals surface area contributed by atoms with Gasteiger partial charge in [-0.05, 0) is 5.92 Å². The lowest BCUT2D eigenvalue weighted by Crippen LogP contribution is -2.12. The molecule has 0 saturated carbocycles. The average Bonchev–Trinajstić information content (AvgIpc) is 2.57. The summed E-state index contributed by atoms with van der Waals surface area (Å²) >= 11 is 0. The number of carbonyl (C=O) groups is 2. The molecule has 0 aliphatic heterocycles. The number of carbonyl (C=O) groups excluding carboxylic acids is 1. The zero-order valence-electron chi connectivity index (χ0n) is 16.9. The van der Waals surface area contributed by atoms with Crippen molar-refractivity contribution < 1.29 is 14.7 Å². The van der Waals surface area contributed by atoms with Crippen LogP contribution < -0.4 is 0 Å². The average molecular weight is 355 g/mol. The standard InChI is InChI=1S/C22H42O3/c1-3-5-6-7-8-9-10-11-12-13-14-15-16-17-20(4-2)18-21(23)19-22(24)25/h20H,3-19H2,1-2H3,(H,24,25). The third-order valence-electron chi connectivity index (χ3n) is 5.16. The fraction of sp³-hybridized carbons (Fsp3) is 0.909. The van der Waals surface area contributed by atoms with E-state index in [1.54, 1.807) is 0 Å². The van der Waals surface area contributed by atoms with Crippen LogP contribution in [-0.4, -0.2) is 16.9 Å². The maximum atomic E-state index is 11.6. The van der Waals surface area contributed by atoms with Gasteiger partial charge < -0.3 is 5.11 Å². The summed E-state index contributed by atoms with van der Waals surface area (Å²) in [5.41, 5.74) is 0. The first-order valence-electron chi connectivity index (χ1n) is 10.8. The SMILES string of the molecule is CCCCCCCCCCCCCCCC(CC)CC(=O)CC(=O)O. The number of carboxylic acid groups (broad SMARTS) is 1. The summed E-state index contributed by atoms with van der Waals surface area (Å²) in [6.45, 7) is 4.36. The normalized spacial score (nSPS) is 12.2. The first-order chi connectivity index (χ1) is 12.1. The van der Waals surface area contributed by atoms with Gasteiger partial charge in [0.15, 0.2) is 0 Å². The van der Waals surface area contributed by atoms with Gasteiger partial charge in [0.2, 0.25) is 0 Å². The topological polar surface area (TPSA) is 54.4 Å². The zero-order valence-corrected chi connectivity index (χ0v) is 16.9. The lowest BCUT2D eigenvalue weighted by molar-refractivity contribution is -0.140. The van der Waals surface area contributed by atoms with Crippen molar-refractivity contribution in [2.45, 2.75) is 123 Å². The molecule has 0 saturated heterocycles. The summed E-state index contributed by atoms with van der Waals surface area (Å²) in [5, 5.41) is 8.65. The molecule has 0 amide bonds. The number of aliphatic carboxylic acids is 1. The van der Waals surface area contributed by atoms with Gasteiger partial charge in [0.1, 0.15) is 12.2 Å². The molecule has 148 valence electrons. The molecule has 3 nitrogen and oxygen atoms in total. The van der Waals surface area contributed by atoms with E-state index >= 15 is 0 Å². The van der Waals surface area contributed by atoms with Crippen LogP contribution in [0.2, 0.25) is 0 Å². The Morgan fingerprint density at radius 3 is 1.56 bits per heavy atom. The van der Waals surface area contributed by atoms with Gasteiger partial charge in [0, 0.05) is 6.42 Å². The molecule has 0 fully saturated rings. The Morgan fingerprint density at radius 1 is 0.720 bits per heavy atom. The zero-order chi connectivity index (χ0) is 18.8. The highest BCUT2D eigenvalue weighted by Crippen LogP contribution is 2.19. The number of carboxylic acids is 1. The largest absolute Gasteiger partial charge is 0.481 e. The molecule has 0 aliphatic carbocycles. The van der Waals surface area contributed by atoms with Crippen molar-refractivity contribution in [3.05, 3.63) is 0 Å². The highest BCUT2D eigenvalue weighted by molar-refractivity contribution is 5.94. The molecular weight excluding hydrogens is 312 g/mol. The van der Waals surface area contributed by atoms with Crippen molar-refractivity contribution in [2.24, 2.45) is 5.92 Å². The van der Waals surface area contributed by atoms with Gasteiger partial charge in [0.05, 0.1) is 0 Å². The van der Waals surface area contributed by atoms with E-state index in [4.69, 9.17) is 5.11 Å². The molecule has 3 heteroatoms. The molecule has 0 rings (SSSR count). The Bertz CT molecular complexity index is 325. The summed E-state index contributed by atoms with van der Waals surface area (Å²) in [6, 6.07) is 0. The van der Waals surface area contributed by atoms with Crippen LogP contribution in [0, 0.1) is 5.92 Å². The predicted molar refractivity (Wildman–Crippen MR) is 106 cm³/mol. The third kappa shape index (κ3) is 17.7. The van der Waals surface area contributed by atoms with Gasteiger partial charge in [-0.15, -0.1) is 0 Å². The predicted octanol–water partition coefficient (Wildman–Crippen LogP) is 6.93. The molecular formula is C22H42O3. The van der Waals surface area contributed by atoms with E-state index in [2.05, 4.69) is 13.8 Å².